The second kappa shape index (κ2) is 5.60. The number of rotatable bonds is 4. The molecule has 2 rings (SSSR count). The van der Waals surface area contributed by atoms with Gasteiger partial charge in [0.25, 0.3) is 0 Å². The fraction of sp³-hybridized carbons (Fsp3) is 0.0714. The molecule has 0 aliphatic rings. The molecular weight excluding hydrogens is 247 g/mol. The number of hydrogen-bond donors (Lipinski definition) is 2. The van der Waals surface area contributed by atoms with Gasteiger partial charge in [-0.15, -0.1) is 0 Å². The number of nitrogens with one attached hydrogen (secondary N) is 1. The lowest BCUT2D eigenvalue weighted by Gasteiger charge is -2.11. The highest BCUT2D eigenvalue weighted by atomic mass is 32.1. The second-order valence-electron chi connectivity index (χ2n) is 3.89. The molecule has 0 fully saturated rings. The smallest absolute Gasteiger partial charge is 0.124 e. The average molecular weight is 260 g/mol. The van der Waals surface area contributed by atoms with Gasteiger partial charge in [-0.05, 0) is 23.8 Å². The van der Waals surface area contributed by atoms with Gasteiger partial charge < -0.3 is 11.1 Å². The summed E-state index contributed by atoms with van der Waals surface area (Å²) >= 11 is 4.91. The molecule has 0 aromatic heterocycles. The van der Waals surface area contributed by atoms with E-state index in [9.17, 15) is 4.39 Å². The summed E-state index contributed by atoms with van der Waals surface area (Å²) in [5.74, 6) is -0.344. The number of benzene rings is 2. The van der Waals surface area contributed by atoms with Crippen molar-refractivity contribution in [2.75, 3.05) is 5.32 Å². The van der Waals surface area contributed by atoms with Gasteiger partial charge in [-0.1, -0.05) is 42.5 Å². The van der Waals surface area contributed by atoms with Crippen LogP contribution in [0.15, 0.2) is 48.5 Å². The maximum atomic E-state index is 13.1. The molecule has 0 bridgehead atoms. The van der Waals surface area contributed by atoms with Crippen molar-refractivity contribution in [3.8, 4) is 0 Å². The van der Waals surface area contributed by atoms with Crippen LogP contribution in [0.25, 0.3) is 0 Å². The molecule has 4 heteroatoms. The van der Waals surface area contributed by atoms with Crippen molar-refractivity contribution in [3.63, 3.8) is 0 Å². The molecule has 0 aliphatic carbocycles. The fourth-order valence-electron chi connectivity index (χ4n) is 1.67. The highest BCUT2D eigenvalue weighted by Gasteiger charge is 2.06. The summed E-state index contributed by atoms with van der Waals surface area (Å²) in [5, 5.41) is 3.20. The van der Waals surface area contributed by atoms with Crippen LogP contribution in [0.3, 0.4) is 0 Å². The van der Waals surface area contributed by atoms with E-state index in [-0.39, 0.29) is 10.8 Å². The van der Waals surface area contributed by atoms with Gasteiger partial charge in [0, 0.05) is 17.8 Å². The molecule has 0 saturated heterocycles. The first kappa shape index (κ1) is 12.5. The predicted octanol–water partition coefficient (Wildman–Crippen LogP) is 3.07. The van der Waals surface area contributed by atoms with Gasteiger partial charge in [0.1, 0.15) is 10.8 Å². The van der Waals surface area contributed by atoms with Crippen molar-refractivity contribution in [2.45, 2.75) is 6.54 Å². The maximum Gasteiger partial charge on any atom is 0.124 e. The van der Waals surface area contributed by atoms with Crippen molar-refractivity contribution in [2.24, 2.45) is 5.73 Å². The maximum absolute atomic E-state index is 13.1. The van der Waals surface area contributed by atoms with Crippen molar-refractivity contribution >= 4 is 22.9 Å². The van der Waals surface area contributed by atoms with Crippen LogP contribution in [0.2, 0.25) is 0 Å². The van der Waals surface area contributed by atoms with E-state index in [1.165, 1.54) is 12.1 Å². The molecule has 18 heavy (non-hydrogen) atoms. The molecule has 2 nitrogen and oxygen atoms in total. The zero-order chi connectivity index (χ0) is 13.0. The van der Waals surface area contributed by atoms with Gasteiger partial charge in [0.15, 0.2) is 0 Å². The van der Waals surface area contributed by atoms with E-state index in [4.69, 9.17) is 18.0 Å². The normalized spacial score (nSPS) is 10.1. The first-order valence-electron chi connectivity index (χ1n) is 5.54. The van der Waals surface area contributed by atoms with E-state index < -0.39 is 0 Å². The van der Waals surface area contributed by atoms with Crippen LogP contribution in [0.5, 0.6) is 0 Å². The van der Waals surface area contributed by atoms with Gasteiger partial charge in [0.05, 0.1) is 0 Å². The molecule has 0 radical (unpaired) electrons. The minimum absolute atomic E-state index is 0.185. The molecule has 0 atom stereocenters. The lowest BCUT2D eigenvalue weighted by Crippen LogP contribution is -2.13. The molecular formula is C14H13FN2S. The van der Waals surface area contributed by atoms with Crippen LogP contribution in [-0.2, 0) is 6.54 Å². The number of thiocarbonyl (C=S) groups is 1. The van der Waals surface area contributed by atoms with Gasteiger partial charge in [-0.25, -0.2) is 4.39 Å². The molecule has 0 saturated carbocycles. The zero-order valence-electron chi connectivity index (χ0n) is 9.69. The van der Waals surface area contributed by atoms with Gasteiger partial charge >= 0.3 is 0 Å². The summed E-state index contributed by atoms with van der Waals surface area (Å²) in [6.07, 6.45) is 0. The third kappa shape index (κ3) is 3.05. The number of halogens is 1. The van der Waals surface area contributed by atoms with E-state index >= 15 is 0 Å². The van der Waals surface area contributed by atoms with Crippen LogP contribution in [0.4, 0.5) is 10.1 Å². The Morgan fingerprint density at radius 2 is 1.89 bits per heavy atom. The molecule has 0 unspecified atom stereocenters. The zero-order valence-corrected chi connectivity index (χ0v) is 10.5. The standard InChI is InChI=1S/C14H13FN2S/c15-11-6-7-13(12(8-11)14(16)18)17-9-10-4-2-1-3-5-10/h1-8,17H,9H2,(H2,16,18). The van der Waals surface area contributed by atoms with Crippen molar-refractivity contribution in [1.82, 2.24) is 0 Å². The largest absolute Gasteiger partial charge is 0.389 e. The highest BCUT2D eigenvalue weighted by Crippen LogP contribution is 2.18. The summed E-state index contributed by atoms with van der Waals surface area (Å²) in [6.45, 7) is 0.641. The van der Waals surface area contributed by atoms with E-state index in [0.29, 0.717) is 12.1 Å². The molecule has 2 aromatic carbocycles. The summed E-state index contributed by atoms with van der Waals surface area (Å²) < 4.78 is 13.1. The topological polar surface area (TPSA) is 38.0 Å². The molecule has 0 amide bonds. The second-order valence-corrected chi connectivity index (χ2v) is 4.33. The first-order chi connectivity index (χ1) is 8.66. The van der Waals surface area contributed by atoms with Crippen molar-refractivity contribution in [3.05, 3.63) is 65.5 Å². The quantitative estimate of drug-likeness (QED) is 0.830. The van der Waals surface area contributed by atoms with Crippen LogP contribution in [-0.4, -0.2) is 4.99 Å². The fourth-order valence-corrected chi connectivity index (χ4v) is 1.84. The Bertz CT molecular complexity index is 555. The summed E-state index contributed by atoms with van der Waals surface area (Å²) in [6, 6.07) is 14.3. The minimum Gasteiger partial charge on any atom is -0.389 e. The van der Waals surface area contributed by atoms with Crippen LogP contribution >= 0.6 is 12.2 Å². The summed E-state index contributed by atoms with van der Waals surface area (Å²) in [4.78, 5) is 0.185. The average Bonchev–Trinajstić information content (AvgIpc) is 2.38. The third-order valence-corrected chi connectivity index (χ3v) is 2.79. The molecule has 0 aliphatic heterocycles. The molecule has 3 N–H and O–H groups in total. The lowest BCUT2D eigenvalue weighted by molar-refractivity contribution is 0.627. The van der Waals surface area contributed by atoms with E-state index in [0.717, 1.165) is 11.3 Å². The Labute approximate surface area is 111 Å². The van der Waals surface area contributed by atoms with Crippen LogP contribution in [0.1, 0.15) is 11.1 Å². The summed E-state index contributed by atoms with van der Waals surface area (Å²) in [7, 11) is 0. The molecule has 0 spiro atoms. The van der Waals surface area contributed by atoms with Gasteiger partial charge in [0.2, 0.25) is 0 Å². The van der Waals surface area contributed by atoms with Crippen LogP contribution in [0, 0.1) is 5.82 Å². The number of anilines is 1. The highest BCUT2D eigenvalue weighted by molar-refractivity contribution is 7.80. The number of hydrogen-bond acceptors (Lipinski definition) is 2. The van der Waals surface area contributed by atoms with Gasteiger partial charge in [-0.3, -0.25) is 0 Å². The third-order valence-electron chi connectivity index (χ3n) is 2.57. The van der Waals surface area contributed by atoms with Crippen LogP contribution < -0.4 is 11.1 Å². The first-order valence-corrected chi connectivity index (χ1v) is 5.95. The SMILES string of the molecule is NC(=S)c1cc(F)ccc1NCc1ccccc1. The Morgan fingerprint density at radius 1 is 1.17 bits per heavy atom. The minimum atomic E-state index is -0.344. The monoisotopic (exact) mass is 260 g/mol. The van der Waals surface area contributed by atoms with Gasteiger partial charge in [-0.2, -0.15) is 0 Å². The summed E-state index contributed by atoms with van der Waals surface area (Å²) in [5.41, 5.74) is 7.98. The Morgan fingerprint density at radius 3 is 2.56 bits per heavy atom. The number of nitrogens with two attached hydrogens (primary N) is 1. The Kier molecular flexibility index (Phi) is 3.89. The van der Waals surface area contributed by atoms with E-state index in [1.807, 2.05) is 30.3 Å². The molecule has 92 valence electrons. The van der Waals surface area contributed by atoms with Crippen molar-refractivity contribution < 1.29 is 4.39 Å². The van der Waals surface area contributed by atoms with E-state index in [1.54, 1.807) is 6.07 Å². The predicted molar refractivity (Wildman–Crippen MR) is 76.1 cm³/mol. The Hall–Kier alpha value is -1.94. The molecule has 0 heterocycles. The van der Waals surface area contributed by atoms with E-state index in [2.05, 4.69) is 5.32 Å². The Balaban J connectivity index is 2.17. The lowest BCUT2D eigenvalue weighted by atomic mass is 10.1. The van der Waals surface area contributed by atoms with Crippen molar-refractivity contribution in [1.29, 1.82) is 0 Å². The molecule has 2 aromatic rings.